The Morgan fingerprint density at radius 1 is 1.30 bits per heavy atom. The van der Waals surface area contributed by atoms with E-state index in [-0.39, 0.29) is 18.2 Å². The highest BCUT2D eigenvalue weighted by molar-refractivity contribution is 5.93. The number of anilines is 2. The molecule has 0 aliphatic rings. The number of amides is 1. The van der Waals surface area contributed by atoms with Gasteiger partial charge in [0.2, 0.25) is 11.9 Å². The lowest BCUT2D eigenvalue weighted by molar-refractivity contribution is -0.141. The normalized spacial score (nSPS) is 11.2. The molecule has 0 saturated carbocycles. The first-order valence-corrected chi connectivity index (χ1v) is 6.42. The molecule has 2 rings (SSSR count). The first kappa shape index (κ1) is 16.7. The highest BCUT2D eigenvalue weighted by atomic mass is 19.4. The van der Waals surface area contributed by atoms with E-state index in [9.17, 15) is 22.4 Å². The lowest BCUT2D eigenvalue weighted by atomic mass is 10.3. The number of carbonyl (C=O) groups is 1. The summed E-state index contributed by atoms with van der Waals surface area (Å²) in [6, 6.07) is 5.99. The van der Waals surface area contributed by atoms with Crippen molar-refractivity contribution in [3.63, 3.8) is 0 Å². The zero-order valence-corrected chi connectivity index (χ0v) is 11.9. The number of nitrogens with zero attached hydrogens (tertiary/aromatic N) is 3. The molecule has 2 aromatic rings. The molecule has 0 radical (unpaired) electrons. The number of likely N-dealkylation sites (N-methyl/N-ethyl adjacent to an activating group) is 1. The zero-order valence-electron chi connectivity index (χ0n) is 11.9. The molecule has 1 aromatic heterocycles. The van der Waals surface area contributed by atoms with E-state index in [0.717, 1.165) is 23.2 Å². The Labute approximate surface area is 129 Å². The molecule has 0 aliphatic carbocycles. The fraction of sp³-hybridized carbons (Fsp3) is 0.214. The van der Waals surface area contributed by atoms with Crippen molar-refractivity contribution >= 4 is 17.5 Å². The lowest BCUT2D eigenvalue weighted by Crippen LogP contribution is -2.31. The minimum atomic E-state index is -4.59. The molecule has 0 unspecified atom stereocenters. The topological polar surface area (TPSA) is 58.1 Å². The van der Waals surface area contributed by atoms with Gasteiger partial charge in [-0.25, -0.2) is 14.4 Å². The van der Waals surface area contributed by atoms with E-state index in [4.69, 9.17) is 0 Å². The van der Waals surface area contributed by atoms with E-state index in [1.54, 1.807) is 0 Å². The average molecular weight is 328 g/mol. The van der Waals surface area contributed by atoms with Gasteiger partial charge in [0, 0.05) is 18.9 Å². The molecule has 0 saturated heterocycles. The second kappa shape index (κ2) is 6.59. The Morgan fingerprint density at radius 3 is 2.70 bits per heavy atom. The lowest BCUT2D eigenvalue weighted by Gasteiger charge is -2.17. The van der Waals surface area contributed by atoms with Crippen LogP contribution in [0.15, 0.2) is 36.5 Å². The summed E-state index contributed by atoms with van der Waals surface area (Å²) < 4.78 is 50.8. The Hall–Kier alpha value is -2.71. The molecule has 122 valence electrons. The molecule has 5 nitrogen and oxygen atoms in total. The van der Waals surface area contributed by atoms with E-state index >= 15 is 0 Å². The molecule has 0 spiro atoms. The maximum absolute atomic E-state index is 13.0. The molecule has 1 N–H and O–H groups in total. The predicted molar refractivity (Wildman–Crippen MR) is 75.3 cm³/mol. The highest BCUT2D eigenvalue weighted by Crippen LogP contribution is 2.27. The van der Waals surface area contributed by atoms with E-state index in [2.05, 4.69) is 15.3 Å². The van der Waals surface area contributed by atoms with Gasteiger partial charge < -0.3 is 10.2 Å². The van der Waals surface area contributed by atoms with Crippen LogP contribution in [0, 0.1) is 5.82 Å². The third-order valence-corrected chi connectivity index (χ3v) is 2.76. The fourth-order valence-corrected chi connectivity index (χ4v) is 1.74. The number of alkyl halides is 3. The largest absolute Gasteiger partial charge is 0.433 e. The summed E-state index contributed by atoms with van der Waals surface area (Å²) >= 11 is 0. The summed E-state index contributed by atoms with van der Waals surface area (Å²) in [4.78, 5) is 20.1. The van der Waals surface area contributed by atoms with Gasteiger partial charge in [0.25, 0.3) is 0 Å². The van der Waals surface area contributed by atoms with Gasteiger partial charge in [0.05, 0.1) is 6.54 Å². The van der Waals surface area contributed by atoms with E-state index in [0.29, 0.717) is 0 Å². The predicted octanol–water partition coefficient (Wildman–Crippen LogP) is 2.71. The standard InChI is InChI=1S/C14H12F4N4O/c1-22(13-19-6-5-11(21-13)14(16,17)18)8-12(23)20-10-4-2-3-9(15)7-10/h2-7H,8H2,1H3,(H,20,23). The summed E-state index contributed by atoms with van der Waals surface area (Å²) in [7, 11) is 1.38. The quantitative estimate of drug-likeness (QED) is 0.877. The van der Waals surface area contributed by atoms with Crippen molar-refractivity contribution < 1.29 is 22.4 Å². The van der Waals surface area contributed by atoms with Crippen LogP contribution < -0.4 is 10.2 Å². The molecule has 0 fully saturated rings. The number of halogens is 4. The van der Waals surface area contributed by atoms with E-state index in [1.807, 2.05) is 0 Å². The van der Waals surface area contributed by atoms with Crippen molar-refractivity contribution in [3.8, 4) is 0 Å². The SMILES string of the molecule is CN(CC(=O)Nc1cccc(F)c1)c1nccc(C(F)(F)F)n1. The maximum Gasteiger partial charge on any atom is 0.433 e. The number of hydrogen-bond donors (Lipinski definition) is 1. The number of benzene rings is 1. The number of hydrogen-bond acceptors (Lipinski definition) is 4. The van der Waals surface area contributed by atoms with Crippen LogP contribution in [-0.4, -0.2) is 29.5 Å². The molecule has 0 atom stereocenters. The molecule has 1 heterocycles. The van der Waals surface area contributed by atoms with Gasteiger partial charge >= 0.3 is 6.18 Å². The van der Waals surface area contributed by atoms with Gasteiger partial charge in [-0.05, 0) is 24.3 Å². The van der Waals surface area contributed by atoms with Gasteiger partial charge in [-0.2, -0.15) is 13.2 Å². The van der Waals surface area contributed by atoms with Crippen LogP contribution in [0.25, 0.3) is 0 Å². The van der Waals surface area contributed by atoms with Crippen molar-refractivity contribution in [1.82, 2.24) is 9.97 Å². The van der Waals surface area contributed by atoms with Gasteiger partial charge in [-0.15, -0.1) is 0 Å². The van der Waals surface area contributed by atoms with Crippen LogP contribution in [0.2, 0.25) is 0 Å². The number of rotatable bonds is 4. The molecule has 0 aliphatic heterocycles. The fourth-order valence-electron chi connectivity index (χ4n) is 1.74. The first-order valence-electron chi connectivity index (χ1n) is 6.42. The van der Waals surface area contributed by atoms with Crippen LogP contribution >= 0.6 is 0 Å². The molecule has 23 heavy (non-hydrogen) atoms. The monoisotopic (exact) mass is 328 g/mol. The second-order valence-electron chi connectivity index (χ2n) is 4.65. The number of carbonyl (C=O) groups excluding carboxylic acids is 1. The van der Waals surface area contributed by atoms with Gasteiger partial charge in [-0.1, -0.05) is 6.07 Å². The maximum atomic E-state index is 13.0. The Bertz CT molecular complexity index is 705. The molecule has 0 bridgehead atoms. The van der Waals surface area contributed by atoms with Crippen LogP contribution in [0.4, 0.5) is 29.2 Å². The van der Waals surface area contributed by atoms with Crippen LogP contribution in [0.1, 0.15) is 5.69 Å². The van der Waals surface area contributed by atoms with E-state index < -0.39 is 23.6 Å². The summed E-state index contributed by atoms with van der Waals surface area (Å²) in [5.41, 5.74) is -0.853. The van der Waals surface area contributed by atoms with Gasteiger partial charge in [0.1, 0.15) is 11.5 Å². The minimum Gasteiger partial charge on any atom is -0.335 e. The van der Waals surface area contributed by atoms with Crippen molar-refractivity contribution in [1.29, 1.82) is 0 Å². The Balaban J connectivity index is 2.04. The number of aromatic nitrogens is 2. The minimum absolute atomic E-state index is 0.241. The van der Waals surface area contributed by atoms with Crippen molar-refractivity contribution in [2.75, 3.05) is 23.8 Å². The van der Waals surface area contributed by atoms with Crippen LogP contribution in [-0.2, 0) is 11.0 Å². The highest BCUT2D eigenvalue weighted by Gasteiger charge is 2.33. The smallest absolute Gasteiger partial charge is 0.335 e. The van der Waals surface area contributed by atoms with Gasteiger partial charge in [-0.3, -0.25) is 4.79 Å². The first-order chi connectivity index (χ1) is 10.8. The van der Waals surface area contributed by atoms with Crippen LogP contribution in [0.5, 0.6) is 0 Å². The number of nitrogens with one attached hydrogen (secondary N) is 1. The zero-order chi connectivity index (χ0) is 17.0. The summed E-state index contributed by atoms with van der Waals surface area (Å²) in [5.74, 6) is -1.30. The second-order valence-corrected chi connectivity index (χ2v) is 4.65. The summed E-state index contributed by atoms with van der Waals surface area (Å²) in [6.07, 6.45) is -3.63. The van der Waals surface area contributed by atoms with Crippen LogP contribution in [0.3, 0.4) is 0 Å². The Morgan fingerprint density at radius 2 is 2.04 bits per heavy atom. The third-order valence-electron chi connectivity index (χ3n) is 2.76. The Kier molecular flexibility index (Phi) is 4.77. The molecular weight excluding hydrogens is 316 g/mol. The van der Waals surface area contributed by atoms with Crippen molar-refractivity contribution in [2.45, 2.75) is 6.18 Å². The summed E-state index contributed by atoms with van der Waals surface area (Å²) in [5, 5.41) is 2.43. The third kappa shape index (κ3) is 4.63. The van der Waals surface area contributed by atoms with E-state index in [1.165, 1.54) is 25.2 Å². The molecule has 1 amide bonds. The molecule has 9 heteroatoms. The van der Waals surface area contributed by atoms with Crippen molar-refractivity contribution in [3.05, 3.63) is 48.0 Å². The van der Waals surface area contributed by atoms with Crippen molar-refractivity contribution in [2.24, 2.45) is 0 Å². The average Bonchev–Trinajstić information content (AvgIpc) is 2.46. The summed E-state index contributed by atoms with van der Waals surface area (Å²) in [6.45, 7) is -0.294. The molecule has 1 aromatic carbocycles. The van der Waals surface area contributed by atoms with Gasteiger partial charge in [0.15, 0.2) is 0 Å². The molecular formula is C14H12F4N4O.